The monoisotopic (exact) mass is 420 g/mol. The summed E-state index contributed by atoms with van der Waals surface area (Å²) in [6, 6.07) is 25.4. The summed E-state index contributed by atoms with van der Waals surface area (Å²) in [6.45, 7) is 0.206. The van der Waals surface area contributed by atoms with Crippen LogP contribution in [0.3, 0.4) is 0 Å². The number of likely N-dealkylation sites (tertiary alicyclic amines) is 1. The maximum atomic E-state index is 13.2. The molecule has 1 unspecified atom stereocenters. The van der Waals surface area contributed by atoms with Gasteiger partial charge in [-0.25, -0.2) is 0 Å². The molecule has 1 fully saturated rings. The zero-order valence-electron chi connectivity index (χ0n) is 17.2. The van der Waals surface area contributed by atoms with Crippen molar-refractivity contribution in [2.75, 3.05) is 0 Å². The van der Waals surface area contributed by atoms with Crippen LogP contribution in [0.1, 0.15) is 22.7 Å². The van der Waals surface area contributed by atoms with Gasteiger partial charge in [-0.15, -0.1) is 0 Å². The van der Waals surface area contributed by atoms with Gasteiger partial charge in [0.1, 0.15) is 5.76 Å². The van der Waals surface area contributed by atoms with Gasteiger partial charge in [0.05, 0.1) is 11.6 Å². The standard InChI is InChI=1S/C27H20N2O3/c30-25(20-10-2-1-3-11-20)23-24(22-14-6-12-19-9-4-5-13-21(19)22)29(27(32)26(23)31)17-18-8-7-15-28-16-18/h1-16,24,30H,17H2/b25-23+. The highest BCUT2D eigenvalue weighted by atomic mass is 16.3. The first kappa shape index (κ1) is 19.7. The van der Waals surface area contributed by atoms with Gasteiger partial charge in [0.15, 0.2) is 0 Å². The molecule has 1 atom stereocenters. The Bertz CT molecular complexity index is 1340. The minimum Gasteiger partial charge on any atom is -0.507 e. The number of nitrogens with zero attached hydrogens (tertiary/aromatic N) is 2. The van der Waals surface area contributed by atoms with Crippen molar-refractivity contribution in [2.45, 2.75) is 12.6 Å². The van der Waals surface area contributed by atoms with Gasteiger partial charge in [-0.05, 0) is 28.0 Å². The first-order valence-electron chi connectivity index (χ1n) is 10.4. The quantitative estimate of drug-likeness (QED) is 0.291. The van der Waals surface area contributed by atoms with E-state index in [0.29, 0.717) is 5.56 Å². The number of aliphatic hydroxyl groups is 1. The minimum absolute atomic E-state index is 0.0986. The third-order valence-electron chi connectivity index (χ3n) is 5.78. The topological polar surface area (TPSA) is 70.5 Å². The van der Waals surface area contributed by atoms with Crippen molar-refractivity contribution in [1.82, 2.24) is 9.88 Å². The molecule has 156 valence electrons. The Hall–Kier alpha value is -4.25. The average molecular weight is 420 g/mol. The van der Waals surface area contributed by atoms with Crippen LogP contribution in [0, 0.1) is 0 Å². The molecular formula is C27H20N2O3. The predicted octanol–water partition coefficient (Wildman–Crippen LogP) is 4.86. The molecule has 5 heteroatoms. The number of rotatable bonds is 4. The van der Waals surface area contributed by atoms with E-state index >= 15 is 0 Å². The lowest BCUT2D eigenvalue weighted by atomic mass is 9.91. The van der Waals surface area contributed by atoms with Gasteiger partial charge >= 0.3 is 0 Å². The average Bonchev–Trinajstić information content (AvgIpc) is 3.09. The second-order valence-corrected chi connectivity index (χ2v) is 7.72. The molecule has 1 aliphatic rings. The molecule has 5 rings (SSSR count). The molecule has 1 aromatic heterocycles. The van der Waals surface area contributed by atoms with E-state index in [0.717, 1.165) is 21.9 Å². The summed E-state index contributed by atoms with van der Waals surface area (Å²) in [5, 5.41) is 13.1. The van der Waals surface area contributed by atoms with Crippen molar-refractivity contribution >= 4 is 28.2 Å². The van der Waals surface area contributed by atoms with E-state index in [-0.39, 0.29) is 17.9 Å². The van der Waals surface area contributed by atoms with E-state index < -0.39 is 17.7 Å². The Morgan fingerprint density at radius 3 is 2.41 bits per heavy atom. The van der Waals surface area contributed by atoms with Gasteiger partial charge in [0, 0.05) is 24.5 Å². The van der Waals surface area contributed by atoms with Crippen LogP contribution in [0.2, 0.25) is 0 Å². The van der Waals surface area contributed by atoms with Crippen LogP contribution in [-0.2, 0) is 16.1 Å². The van der Waals surface area contributed by atoms with Crippen molar-refractivity contribution in [1.29, 1.82) is 0 Å². The van der Waals surface area contributed by atoms with Crippen LogP contribution in [0.15, 0.2) is 103 Å². The lowest BCUT2D eigenvalue weighted by Gasteiger charge is -2.26. The number of hydrogen-bond donors (Lipinski definition) is 1. The van der Waals surface area contributed by atoms with Crippen LogP contribution in [0.5, 0.6) is 0 Å². The second kappa shape index (κ2) is 8.12. The number of ketones is 1. The van der Waals surface area contributed by atoms with E-state index in [1.54, 1.807) is 42.7 Å². The number of aliphatic hydroxyl groups excluding tert-OH is 1. The first-order valence-corrected chi connectivity index (χ1v) is 10.4. The normalized spacial score (nSPS) is 17.8. The van der Waals surface area contributed by atoms with Gasteiger partial charge in [-0.1, -0.05) is 78.9 Å². The zero-order valence-corrected chi connectivity index (χ0v) is 17.2. The first-order chi connectivity index (χ1) is 15.6. The fourth-order valence-electron chi connectivity index (χ4n) is 4.30. The molecule has 1 aliphatic heterocycles. The maximum absolute atomic E-state index is 13.2. The number of hydrogen-bond acceptors (Lipinski definition) is 4. The molecule has 0 aliphatic carbocycles. The van der Waals surface area contributed by atoms with Gasteiger partial charge < -0.3 is 10.0 Å². The summed E-state index contributed by atoms with van der Waals surface area (Å²) in [5.74, 6) is -1.49. The summed E-state index contributed by atoms with van der Waals surface area (Å²) in [5.41, 5.74) is 2.20. The largest absolute Gasteiger partial charge is 0.507 e. The Morgan fingerprint density at radius 2 is 1.62 bits per heavy atom. The van der Waals surface area contributed by atoms with Gasteiger partial charge in [0.25, 0.3) is 11.7 Å². The molecule has 2 heterocycles. The van der Waals surface area contributed by atoms with E-state index in [4.69, 9.17) is 0 Å². The zero-order chi connectivity index (χ0) is 22.1. The molecule has 1 amide bonds. The molecule has 4 aromatic rings. The highest BCUT2D eigenvalue weighted by Crippen LogP contribution is 2.42. The second-order valence-electron chi connectivity index (χ2n) is 7.72. The number of amides is 1. The smallest absolute Gasteiger partial charge is 0.295 e. The molecule has 3 aromatic carbocycles. The Labute approximate surface area is 185 Å². The summed E-state index contributed by atoms with van der Waals surface area (Å²) in [4.78, 5) is 32.1. The van der Waals surface area contributed by atoms with Gasteiger partial charge in [0.2, 0.25) is 0 Å². The lowest BCUT2D eigenvalue weighted by Crippen LogP contribution is -2.29. The van der Waals surface area contributed by atoms with E-state index in [9.17, 15) is 14.7 Å². The summed E-state index contributed by atoms with van der Waals surface area (Å²) in [7, 11) is 0. The molecular weight excluding hydrogens is 400 g/mol. The molecule has 0 saturated carbocycles. The van der Waals surface area contributed by atoms with Crippen LogP contribution in [-0.4, -0.2) is 26.7 Å². The number of Topliss-reactive ketones (excluding diaryl/α,β-unsaturated/α-hetero) is 1. The minimum atomic E-state index is -0.721. The molecule has 1 N–H and O–H groups in total. The van der Waals surface area contributed by atoms with E-state index in [1.807, 2.05) is 54.6 Å². The van der Waals surface area contributed by atoms with Crippen molar-refractivity contribution in [3.63, 3.8) is 0 Å². The number of pyridine rings is 1. The summed E-state index contributed by atoms with van der Waals surface area (Å²) in [6.07, 6.45) is 3.34. The third kappa shape index (κ3) is 3.34. The molecule has 5 nitrogen and oxygen atoms in total. The SMILES string of the molecule is O=C1C(=O)N(Cc2cccnc2)C(c2cccc3ccccc23)/C1=C(\O)c1ccccc1. The summed E-state index contributed by atoms with van der Waals surface area (Å²) < 4.78 is 0. The highest BCUT2D eigenvalue weighted by molar-refractivity contribution is 6.46. The van der Waals surface area contributed by atoms with Gasteiger partial charge in [-0.3, -0.25) is 14.6 Å². The molecule has 32 heavy (non-hydrogen) atoms. The lowest BCUT2D eigenvalue weighted by molar-refractivity contribution is -0.140. The fraction of sp³-hybridized carbons (Fsp3) is 0.0741. The van der Waals surface area contributed by atoms with Crippen LogP contribution >= 0.6 is 0 Å². The fourth-order valence-corrected chi connectivity index (χ4v) is 4.30. The number of aromatic nitrogens is 1. The van der Waals surface area contributed by atoms with Crippen molar-refractivity contribution in [2.24, 2.45) is 0 Å². The van der Waals surface area contributed by atoms with Gasteiger partial charge in [-0.2, -0.15) is 0 Å². The van der Waals surface area contributed by atoms with Crippen LogP contribution in [0.4, 0.5) is 0 Å². The van der Waals surface area contributed by atoms with Crippen molar-refractivity contribution in [3.05, 3.63) is 120 Å². The Morgan fingerprint density at radius 1 is 0.875 bits per heavy atom. The number of carbonyl (C=O) groups is 2. The maximum Gasteiger partial charge on any atom is 0.295 e. The van der Waals surface area contributed by atoms with Crippen molar-refractivity contribution < 1.29 is 14.7 Å². The van der Waals surface area contributed by atoms with E-state index in [2.05, 4.69) is 4.98 Å². The Kier molecular flexibility index (Phi) is 5.00. The summed E-state index contributed by atoms with van der Waals surface area (Å²) >= 11 is 0. The highest BCUT2D eigenvalue weighted by Gasteiger charge is 2.46. The number of benzene rings is 3. The van der Waals surface area contributed by atoms with Crippen LogP contribution < -0.4 is 0 Å². The number of fused-ring (bicyclic) bond motifs is 1. The van der Waals surface area contributed by atoms with Crippen LogP contribution in [0.25, 0.3) is 16.5 Å². The molecule has 0 spiro atoms. The predicted molar refractivity (Wildman–Crippen MR) is 122 cm³/mol. The molecule has 0 radical (unpaired) electrons. The molecule has 0 bridgehead atoms. The third-order valence-corrected chi connectivity index (χ3v) is 5.78. The number of carbonyl (C=O) groups excluding carboxylic acids is 2. The van der Waals surface area contributed by atoms with Crippen molar-refractivity contribution in [3.8, 4) is 0 Å². The van der Waals surface area contributed by atoms with E-state index in [1.165, 1.54) is 4.90 Å². The Balaban J connectivity index is 1.74. The molecule has 1 saturated heterocycles.